The summed E-state index contributed by atoms with van der Waals surface area (Å²) in [5.74, 6) is 0.187. The van der Waals surface area contributed by atoms with Crippen molar-refractivity contribution < 1.29 is 23.5 Å². The number of esters is 1. The van der Waals surface area contributed by atoms with Crippen molar-refractivity contribution >= 4 is 11.9 Å². The minimum Gasteiger partial charge on any atom is -0.494 e. The molecule has 3 rings (SSSR count). The molecule has 0 aliphatic carbocycles. The number of aromatic nitrogens is 2. The van der Waals surface area contributed by atoms with Crippen molar-refractivity contribution in [3.63, 3.8) is 0 Å². The second-order valence-electron chi connectivity index (χ2n) is 6.08. The predicted octanol–water partition coefficient (Wildman–Crippen LogP) is 3.17. The number of nitrogens with zero attached hydrogens (tertiary/aromatic N) is 2. The monoisotopic (exact) mass is 395 g/mol. The zero-order valence-electron chi connectivity index (χ0n) is 16.1. The second-order valence-corrected chi connectivity index (χ2v) is 6.08. The van der Waals surface area contributed by atoms with Crippen LogP contribution in [-0.4, -0.2) is 35.2 Å². The van der Waals surface area contributed by atoms with E-state index in [9.17, 15) is 9.59 Å². The molecule has 29 heavy (non-hydrogen) atoms. The van der Waals surface area contributed by atoms with Gasteiger partial charge in [-0.15, -0.1) is 10.2 Å². The number of benzene rings is 2. The molecule has 150 valence electrons. The minimum absolute atomic E-state index is 0.176. The molecule has 8 heteroatoms. The maximum atomic E-state index is 12.1. The van der Waals surface area contributed by atoms with E-state index < -0.39 is 12.1 Å². The molecule has 0 aliphatic rings. The maximum Gasteiger partial charge on any atom is 0.326 e. The van der Waals surface area contributed by atoms with Gasteiger partial charge >= 0.3 is 5.97 Å². The summed E-state index contributed by atoms with van der Waals surface area (Å²) < 4.78 is 16.1. The highest BCUT2D eigenvalue weighted by Crippen LogP contribution is 2.22. The van der Waals surface area contributed by atoms with E-state index in [0.717, 1.165) is 5.56 Å². The van der Waals surface area contributed by atoms with Crippen molar-refractivity contribution in [2.24, 2.45) is 0 Å². The first-order valence-electron chi connectivity index (χ1n) is 9.16. The van der Waals surface area contributed by atoms with Gasteiger partial charge in [0.25, 0.3) is 11.8 Å². The molecule has 0 radical (unpaired) electrons. The van der Waals surface area contributed by atoms with Crippen LogP contribution in [0.15, 0.2) is 59.0 Å². The molecule has 0 saturated carbocycles. The molecule has 1 atom stereocenters. The molecule has 1 N–H and O–H groups in total. The average Bonchev–Trinajstić information content (AvgIpc) is 3.24. The van der Waals surface area contributed by atoms with Gasteiger partial charge < -0.3 is 19.2 Å². The normalized spacial score (nSPS) is 11.5. The second kappa shape index (κ2) is 9.50. The molecule has 0 saturated heterocycles. The van der Waals surface area contributed by atoms with Gasteiger partial charge in [0.1, 0.15) is 12.3 Å². The van der Waals surface area contributed by atoms with Crippen molar-refractivity contribution in [3.05, 3.63) is 66.1 Å². The molecule has 1 heterocycles. The van der Waals surface area contributed by atoms with Gasteiger partial charge in [0.05, 0.1) is 6.61 Å². The smallest absolute Gasteiger partial charge is 0.326 e. The third kappa shape index (κ3) is 5.41. The Morgan fingerprint density at radius 3 is 2.48 bits per heavy atom. The molecule has 1 unspecified atom stereocenters. The molecule has 1 amide bonds. The van der Waals surface area contributed by atoms with E-state index in [-0.39, 0.29) is 18.3 Å². The van der Waals surface area contributed by atoms with Crippen LogP contribution >= 0.6 is 0 Å². The first kappa shape index (κ1) is 20.1. The van der Waals surface area contributed by atoms with E-state index in [4.69, 9.17) is 13.9 Å². The van der Waals surface area contributed by atoms with Gasteiger partial charge in [0.15, 0.2) is 6.10 Å². The van der Waals surface area contributed by atoms with Crippen LogP contribution < -0.4 is 10.1 Å². The van der Waals surface area contributed by atoms with E-state index in [1.165, 1.54) is 0 Å². The fourth-order valence-corrected chi connectivity index (χ4v) is 2.51. The molecular formula is C21H21N3O5. The van der Waals surface area contributed by atoms with Crippen molar-refractivity contribution in [2.75, 3.05) is 13.2 Å². The molecule has 0 bridgehead atoms. The summed E-state index contributed by atoms with van der Waals surface area (Å²) in [5, 5.41) is 10.4. The van der Waals surface area contributed by atoms with Crippen LogP contribution in [0.4, 0.5) is 0 Å². The lowest BCUT2D eigenvalue weighted by molar-refractivity contribution is -0.148. The van der Waals surface area contributed by atoms with Crippen LogP contribution in [-0.2, 0) is 9.53 Å². The van der Waals surface area contributed by atoms with Gasteiger partial charge in [-0.1, -0.05) is 18.2 Å². The summed E-state index contributed by atoms with van der Waals surface area (Å²) in [7, 11) is 0. The third-order valence-corrected chi connectivity index (χ3v) is 3.94. The van der Waals surface area contributed by atoms with Crippen LogP contribution in [0.2, 0.25) is 0 Å². The zero-order chi connectivity index (χ0) is 20.6. The summed E-state index contributed by atoms with van der Waals surface area (Å²) in [6.45, 7) is 3.76. The van der Waals surface area contributed by atoms with Crippen molar-refractivity contribution in [2.45, 2.75) is 20.0 Å². The average molecular weight is 395 g/mol. The van der Waals surface area contributed by atoms with Crippen LogP contribution in [0.1, 0.15) is 36.2 Å². The third-order valence-electron chi connectivity index (χ3n) is 3.94. The summed E-state index contributed by atoms with van der Waals surface area (Å²) in [4.78, 5) is 24.2. The van der Waals surface area contributed by atoms with E-state index in [1.807, 2.05) is 37.3 Å². The van der Waals surface area contributed by atoms with E-state index in [2.05, 4.69) is 15.5 Å². The van der Waals surface area contributed by atoms with Crippen LogP contribution in [0.25, 0.3) is 11.5 Å². The van der Waals surface area contributed by atoms with E-state index in [1.54, 1.807) is 31.2 Å². The Morgan fingerprint density at radius 2 is 1.79 bits per heavy atom. The van der Waals surface area contributed by atoms with Gasteiger partial charge in [0.2, 0.25) is 5.89 Å². The molecule has 1 aromatic heterocycles. The lowest BCUT2D eigenvalue weighted by atomic mass is 10.2. The molecule has 0 aliphatic heterocycles. The Bertz CT molecular complexity index is 954. The standard InChI is InChI=1S/C21H21N3O5/c1-3-27-17-11-9-15(10-12-17)19(26)22-13-18(25)28-14(2)20-23-24-21(29-20)16-7-5-4-6-8-16/h4-12,14H,3,13H2,1-2H3,(H,22,26). The summed E-state index contributed by atoms with van der Waals surface area (Å²) >= 11 is 0. The van der Waals surface area contributed by atoms with Crippen molar-refractivity contribution in [1.29, 1.82) is 0 Å². The topological polar surface area (TPSA) is 104 Å². The van der Waals surface area contributed by atoms with E-state index >= 15 is 0 Å². The highest BCUT2D eigenvalue weighted by Gasteiger charge is 2.19. The molecule has 0 spiro atoms. The summed E-state index contributed by atoms with van der Waals surface area (Å²) in [6.07, 6.45) is -0.741. The maximum absolute atomic E-state index is 12.1. The Kier molecular flexibility index (Phi) is 6.57. The first-order chi connectivity index (χ1) is 14.1. The number of ether oxygens (including phenoxy) is 2. The number of nitrogens with one attached hydrogen (secondary N) is 1. The van der Waals surface area contributed by atoms with Gasteiger partial charge in [0, 0.05) is 11.1 Å². The molecule has 0 fully saturated rings. The van der Waals surface area contributed by atoms with Crippen molar-refractivity contribution in [3.8, 4) is 17.2 Å². The Balaban J connectivity index is 1.50. The fourth-order valence-electron chi connectivity index (χ4n) is 2.51. The number of carbonyl (C=O) groups is 2. The number of hydrogen-bond acceptors (Lipinski definition) is 7. The lowest BCUT2D eigenvalue weighted by Crippen LogP contribution is -2.31. The Hall–Kier alpha value is -3.68. The van der Waals surface area contributed by atoms with Gasteiger partial charge in [-0.05, 0) is 50.2 Å². The Labute approximate surface area is 167 Å². The van der Waals surface area contributed by atoms with Crippen LogP contribution in [0.5, 0.6) is 5.75 Å². The fraction of sp³-hybridized carbons (Fsp3) is 0.238. The summed E-state index contributed by atoms with van der Waals surface area (Å²) in [5.41, 5.74) is 1.19. The zero-order valence-corrected chi connectivity index (χ0v) is 16.1. The number of rotatable bonds is 8. The van der Waals surface area contributed by atoms with Gasteiger partial charge in [-0.3, -0.25) is 9.59 Å². The highest BCUT2D eigenvalue weighted by molar-refractivity contribution is 5.96. The number of hydrogen-bond donors (Lipinski definition) is 1. The summed E-state index contributed by atoms with van der Waals surface area (Å²) in [6, 6.07) is 15.9. The molecule has 8 nitrogen and oxygen atoms in total. The van der Waals surface area contributed by atoms with Crippen LogP contribution in [0, 0.1) is 0 Å². The molecule has 3 aromatic rings. The number of amides is 1. The Morgan fingerprint density at radius 1 is 1.07 bits per heavy atom. The lowest BCUT2D eigenvalue weighted by Gasteiger charge is -2.10. The predicted molar refractivity (Wildman–Crippen MR) is 104 cm³/mol. The minimum atomic E-state index is -0.741. The van der Waals surface area contributed by atoms with Crippen LogP contribution in [0.3, 0.4) is 0 Å². The SMILES string of the molecule is CCOc1ccc(C(=O)NCC(=O)OC(C)c2nnc(-c3ccccc3)o2)cc1. The number of carbonyl (C=O) groups excluding carboxylic acids is 2. The van der Waals surface area contributed by atoms with Gasteiger partial charge in [-0.25, -0.2) is 0 Å². The quantitative estimate of drug-likeness (QED) is 0.584. The van der Waals surface area contributed by atoms with Gasteiger partial charge in [-0.2, -0.15) is 0 Å². The molecular weight excluding hydrogens is 374 g/mol. The molecule has 2 aromatic carbocycles. The highest BCUT2D eigenvalue weighted by atomic mass is 16.6. The largest absolute Gasteiger partial charge is 0.494 e. The first-order valence-corrected chi connectivity index (χ1v) is 9.16. The van der Waals surface area contributed by atoms with E-state index in [0.29, 0.717) is 23.8 Å². The van der Waals surface area contributed by atoms with Crippen molar-refractivity contribution in [1.82, 2.24) is 15.5 Å².